The maximum atomic E-state index is 2.38. The second kappa shape index (κ2) is 6.83. The van der Waals surface area contributed by atoms with Gasteiger partial charge in [-0.3, -0.25) is 0 Å². The molecular weight excluding hydrogens is 276 g/mol. The average molecular weight is 300 g/mol. The maximum Gasteiger partial charge on any atom is 0.00612 e. The van der Waals surface area contributed by atoms with E-state index in [0.717, 1.165) is 0 Å². The van der Waals surface area contributed by atoms with Gasteiger partial charge in [-0.2, -0.15) is 0 Å². The van der Waals surface area contributed by atoms with Gasteiger partial charge in [-0.1, -0.05) is 98.3 Å². The molecule has 0 saturated carbocycles. The Balaban J connectivity index is 1.96. The molecule has 3 aromatic rings. The molecule has 0 nitrogen and oxygen atoms in total. The summed E-state index contributed by atoms with van der Waals surface area (Å²) in [4.78, 5) is 0. The van der Waals surface area contributed by atoms with Gasteiger partial charge in [-0.25, -0.2) is 0 Å². The van der Waals surface area contributed by atoms with Crippen LogP contribution in [0.15, 0.2) is 78.9 Å². The van der Waals surface area contributed by atoms with E-state index >= 15 is 0 Å². The molecule has 0 saturated heterocycles. The predicted octanol–water partition coefficient (Wildman–Crippen LogP) is 6.30. The predicted molar refractivity (Wildman–Crippen MR) is 99.1 cm³/mol. The standard InChI is InChI=1S/C23H24/c1-17-14-22(18(2)20-10-6-4-7-11-20)16-23(15-17)19(3)21-12-8-5-9-13-21/h4-16,18-19H,1-3H3. The summed E-state index contributed by atoms with van der Waals surface area (Å²) in [5.74, 6) is 0.829. The fourth-order valence-electron chi connectivity index (χ4n) is 3.21. The van der Waals surface area contributed by atoms with Crippen molar-refractivity contribution in [2.75, 3.05) is 0 Å². The molecule has 0 aliphatic rings. The highest BCUT2D eigenvalue weighted by Crippen LogP contribution is 2.30. The quantitative estimate of drug-likeness (QED) is 0.530. The van der Waals surface area contributed by atoms with Crippen molar-refractivity contribution in [1.29, 1.82) is 0 Å². The van der Waals surface area contributed by atoms with Gasteiger partial charge in [0.25, 0.3) is 0 Å². The summed E-state index contributed by atoms with van der Waals surface area (Å²) in [5.41, 5.74) is 6.87. The minimum atomic E-state index is 0.415. The zero-order chi connectivity index (χ0) is 16.2. The van der Waals surface area contributed by atoms with Crippen molar-refractivity contribution in [1.82, 2.24) is 0 Å². The SMILES string of the molecule is Cc1cc(C(C)c2ccccc2)cc(C(C)c2ccccc2)c1. The third-order valence-electron chi connectivity index (χ3n) is 4.72. The molecular formula is C23H24. The summed E-state index contributed by atoms with van der Waals surface area (Å²) < 4.78 is 0. The Morgan fingerprint density at radius 3 is 1.30 bits per heavy atom. The van der Waals surface area contributed by atoms with Gasteiger partial charge in [-0.15, -0.1) is 0 Å². The van der Waals surface area contributed by atoms with E-state index in [0.29, 0.717) is 11.8 Å². The minimum absolute atomic E-state index is 0.415. The van der Waals surface area contributed by atoms with Crippen LogP contribution in [0, 0.1) is 6.92 Å². The summed E-state index contributed by atoms with van der Waals surface area (Å²) >= 11 is 0. The molecule has 2 unspecified atom stereocenters. The number of rotatable bonds is 4. The van der Waals surface area contributed by atoms with Crippen LogP contribution in [0.4, 0.5) is 0 Å². The van der Waals surface area contributed by atoms with Crippen molar-refractivity contribution in [2.45, 2.75) is 32.6 Å². The lowest BCUT2D eigenvalue weighted by molar-refractivity contribution is 0.883. The molecule has 0 heteroatoms. The van der Waals surface area contributed by atoms with Crippen LogP contribution in [0.1, 0.15) is 53.5 Å². The van der Waals surface area contributed by atoms with E-state index in [9.17, 15) is 0 Å². The number of benzene rings is 3. The normalized spacial score (nSPS) is 13.5. The Morgan fingerprint density at radius 2 is 0.913 bits per heavy atom. The molecule has 23 heavy (non-hydrogen) atoms. The van der Waals surface area contributed by atoms with Crippen molar-refractivity contribution in [3.8, 4) is 0 Å². The summed E-state index contributed by atoms with van der Waals surface area (Å²) in [6, 6.07) is 28.5. The van der Waals surface area contributed by atoms with Crippen LogP contribution in [0.25, 0.3) is 0 Å². The monoisotopic (exact) mass is 300 g/mol. The summed E-state index contributed by atoms with van der Waals surface area (Å²) in [6.45, 7) is 6.78. The molecule has 3 aromatic carbocycles. The van der Waals surface area contributed by atoms with Gasteiger partial charge in [0.15, 0.2) is 0 Å². The highest BCUT2D eigenvalue weighted by molar-refractivity contribution is 5.41. The molecule has 2 atom stereocenters. The third kappa shape index (κ3) is 3.53. The fourth-order valence-corrected chi connectivity index (χ4v) is 3.21. The number of hydrogen-bond acceptors (Lipinski definition) is 0. The van der Waals surface area contributed by atoms with E-state index in [-0.39, 0.29) is 0 Å². The van der Waals surface area contributed by atoms with Gasteiger partial charge in [0.1, 0.15) is 0 Å². The Hall–Kier alpha value is -2.34. The lowest BCUT2D eigenvalue weighted by Gasteiger charge is -2.18. The van der Waals surface area contributed by atoms with Gasteiger partial charge in [-0.05, 0) is 29.2 Å². The minimum Gasteiger partial charge on any atom is -0.0622 e. The average Bonchev–Trinajstić information content (AvgIpc) is 2.61. The first-order chi connectivity index (χ1) is 11.1. The van der Waals surface area contributed by atoms with Gasteiger partial charge in [0.2, 0.25) is 0 Å². The Kier molecular flexibility index (Phi) is 4.62. The Labute approximate surface area is 139 Å². The Morgan fingerprint density at radius 1 is 0.522 bits per heavy atom. The fraction of sp³-hybridized carbons (Fsp3) is 0.217. The first kappa shape index (κ1) is 15.6. The molecule has 0 fully saturated rings. The first-order valence-corrected chi connectivity index (χ1v) is 8.36. The molecule has 0 radical (unpaired) electrons. The molecule has 0 amide bonds. The highest BCUT2D eigenvalue weighted by atomic mass is 14.2. The van der Waals surface area contributed by atoms with E-state index < -0.39 is 0 Å². The molecule has 0 N–H and O–H groups in total. The summed E-state index contributed by atoms with van der Waals surface area (Å²) in [7, 11) is 0. The smallest absolute Gasteiger partial charge is 0.00612 e. The molecule has 0 aliphatic carbocycles. The van der Waals surface area contributed by atoms with Crippen LogP contribution in [0.2, 0.25) is 0 Å². The van der Waals surface area contributed by atoms with Gasteiger partial charge in [0.05, 0.1) is 0 Å². The molecule has 3 rings (SSSR count). The van der Waals surface area contributed by atoms with E-state index in [2.05, 4.69) is 99.6 Å². The van der Waals surface area contributed by atoms with E-state index in [4.69, 9.17) is 0 Å². The molecule has 0 aromatic heterocycles. The van der Waals surface area contributed by atoms with E-state index in [1.54, 1.807) is 0 Å². The zero-order valence-electron chi connectivity index (χ0n) is 14.2. The van der Waals surface area contributed by atoms with Gasteiger partial charge in [0, 0.05) is 11.8 Å². The van der Waals surface area contributed by atoms with Crippen LogP contribution in [-0.2, 0) is 0 Å². The second-order valence-electron chi connectivity index (χ2n) is 6.44. The van der Waals surface area contributed by atoms with Gasteiger partial charge < -0.3 is 0 Å². The Bertz CT molecular complexity index is 693. The van der Waals surface area contributed by atoms with Crippen molar-refractivity contribution in [3.63, 3.8) is 0 Å². The molecule has 0 bridgehead atoms. The number of hydrogen-bond donors (Lipinski definition) is 0. The van der Waals surface area contributed by atoms with Crippen LogP contribution in [0.5, 0.6) is 0 Å². The zero-order valence-corrected chi connectivity index (χ0v) is 14.2. The first-order valence-electron chi connectivity index (χ1n) is 8.36. The maximum absolute atomic E-state index is 2.38. The highest BCUT2D eigenvalue weighted by Gasteiger charge is 2.13. The lowest BCUT2D eigenvalue weighted by atomic mass is 9.86. The molecule has 0 spiro atoms. The van der Waals surface area contributed by atoms with E-state index in [1.165, 1.54) is 27.8 Å². The van der Waals surface area contributed by atoms with Crippen LogP contribution < -0.4 is 0 Å². The lowest BCUT2D eigenvalue weighted by Crippen LogP contribution is -2.01. The summed E-state index contributed by atoms with van der Waals surface area (Å²) in [6.07, 6.45) is 0. The number of aryl methyl sites for hydroxylation is 1. The topological polar surface area (TPSA) is 0 Å². The van der Waals surface area contributed by atoms with Crippen LogP contribution in [0.3, 0.4) is 0 Å². The third-order valence-corrected chi connectivity index (χ3v) is 4.72. The van der Waals surface area contributed by atoms with Crippen molar-refractivity contribution in [2.24, 2.45) is 0 Å². The molecule has 0 aliphatic heterocycles. The van der Waals surface area contributed by atoms with Gasteiger partial charge >= 0.3 is 0 Å². The van der Waals surface area contributed by atoms with E-state index in [1.807, 2.05) is 0 Å². The molecule has 116 valence electrons. The van der Waals surface area contributed by atoms with Crippen LogP contribution in [-0.4, -0.2) is 0 Å². The summed E-state index contributed by atoms with van der Waals surface area (Å²) in [5, 5.41) is 0. The van der Waals surface area contributed by atoms with Crippen LogP contribution >= 0.6 is 0 Å². The van der Waals surface area contributed by atoms with Crippen molar-refractivity contribution < 1.29 is 0 Å². The van der Waals surface area contributed by atoms with Crippen molar-refractivity contribution >= 4 is 0 Å². The largest absolute Gasteiger partial charge is 0.0622 e. The van der Waals surface area contributed by atoms with Crippen molar-refractivity contribution in [3.05, 3.63) is 107 Å². The second-order valence-corrected chi connectivity index (χ2v) is 6.44. The molecule has 0 heterocycles.